The Kier molecular flexibility index (Phi) is 6.23. The van der Waals surface area contributed by atoms with Crippen molar-refractivity contribution in [3.05, 3.63) is 59.7 Å². The van der Waals surface area contributed by atoms with E-state index in [1.54, 1.807) is 4.90 Å². The van der Waals surface area contributed by atoms with Crippen LogP contribution in [0.25, 0.3) is 11.1 Å². The third-order valence-electron chi connectivity index (χ3n) is 7.65. The Balaban J connectivity index is 1.17. The van der Waals surface area contributed by atoms with Gasteiger partial charge in [-0.3, -0.25) is 4.79 Å². The third-order valence-corrected chi connectivity index (χ3v) is 7.65. The summed E-state index contributed by atoms with van der Waals surface area (Å²) in [6.45, 7) is 2.92. The van der Waals surface area contributed by atoms with E-state index in [1.165, 1.54) is 0 Å². The molecule has 5 rings (SSSR count). The zero-order chi connectivity index (χ0) is 24.6. The number of fused-ring (bicyclic) bond motifs is 4. The van der Waals surface area contributed by atoms with Crippen LogP contribution in [-0.4, -0.2) is 65.9 Å². The minimum Gasteiger partial charge on any atom is -0.479 e. The van der Waals surface area contributed by atoms with Gasteiger partial charge in [0.1, 0.15) is 6.61 Å². The number of carbonyl (C=O) groups is 3. The van der Waals surface area contributed by atoms with E-state index in [0.717, 1.165) is 22.3 Å². The molecule has 2 fully saturated rings. The highest BCUT2D eigenvalue weighted by molar-refractivity contribution is 5.84. The van der Waals surface area contributed by atoms with Gasteiger partial charge in [-0.25, -0.2) is 9.59 Å². The number of carbonyl (C=O) groups excluding carboxylic acids is 2. The first kappa shape index (κ1) is 23.4. The number of hydrogen-bond donors (Lipinski definition) is 2. The highest BCUT2D eigenvalue weighted by Crippen LogP contribution is 2.44. The van der Waals surface area contributed by atoms with Gasteiger partial charge in [0.25, 0.3) is 0 Å². The molecule has 2 amide bonds. The SMILES string of the molecule is CCC(CC(=O)N1CC2CCOC2(C(=O)O)C1)NC(=O)OCC1c2ccccc2-c2ccccc21. The summed E-state index contributed by atoms with van der Waals surface area (Å²) >= 11 is 0. The number of nitrogens with zero attached hydrogens (tertiary/aromatic N) is 1. The lowest BCUT2D eigenvalue weighted by Gasteiger charge is -2.24. The van der Waals surface area contributed by atoms with Crippen molar-refractivity contribution in [1.82, 2.24) is 10.2 Å². The summed E-state index contributed by atoms with van der Waals surface area (Å²) in [6.07, 6.45) is 0.706. The molecule has 3 aliphatic rings. The number of carboxylic acids is 1. The van der Waals surface area contributed by atoms with Gasteiger partial charge in [-0.2, -0.15) is 0 Å². The van der Waals surface area contributed by atoms with Crippen molar-refractivity contribution in [1.29, 1.82) is 0 Å². The predicted octanol–water partition coefficient (Wildman–Crippen LogP) is 3.40. The van der Waals surface area contributed by atoms with E-state index >= 15 is 0 Å². The average molecular weight is 479 g/mol. The van der Waals surface area contributed by atoms with Gasteiger partial charge in [0.2, 0.25) is 5.91 Å². The fraction of sp³-hybridized carbons (Fsp3) is 0.444. The van der Waals surface area contributed by atoms with E-state index in [0.29, 0.717) is 26.0 Å². The van der Waals surface area contributed by atoms with Gasteiger partial charge in [-0.15, -0.1) is 0 Å². The number of amides is 2. The molecular weight excluding hydrogens is 448 g/mol. The molecule has 3 atom stereocenters. The zero-order valence-electron chi connectivity index (χ0n) is 19.7. The van der Waals surface area contributed by atoms with Gasteiger partial charge in [0.05, 0.1) is 6.54 Å². The van der Waals surface area contributed by atoms with Gasteiger partial charge < -0.3 is 24.8 Å². The number of rotatable bonds is 7. The third kappa shape index (κ3) is 4.16. The molecule has 2 aromatic rings. The number of nitrogens with one attached hydrogen (secondary N) is 1. The second-order valence-corrected chi connectivity index (χ2v) is 9.58. The van der Waals surface area contributed by atoms with Gasteiger partial charge >= 0.3 is 12.1 Å². The van der Waals surface area contributed by atoms with E-state index in [-0.39, 0.29) is 37.3 Å². The highest BCUT2D eigenvalue weighted by atomic mass is 16.5. The van der Waals surface area contributed by atoms with E-state index in [4.69, 9.17) is 9.47 Å². The van der Waals surface area contributed by atoms with E-state index < -0.39 is 23.7 Å². The second-order valence-electron chi connectivity index (χ2n) is 9.58. The molecule has 2 aromatic carbocycles. The van der Waals surface area contributed by atoms with Crippen molar-refractivity contribution in [2.24, 2.45) is 5.92 Å². The summed E-state index contributed by atoms with van der Waals surface area (Å²) in [5.41, 5.74) is 3.30. The first-order valence-corrected chi connectivity index (χ1v) is 12.2. The number of carboxylic acid groups (broad SMARTS) is 1. The van der Waals surface area contributed by atoms with Gasteiger partial charge in [0.15, 0.2) is 5.60 Å². The first-order chi connectivity index (χ1) is 16.9. The molecule has 0 aromatic heterocycles. The first-order valence-electron chi connectivity index (χ1n) is 12.2. The van der Waals surface area contributed by atoms with Crippen LogP contribution in [0.2, 0.25) is 0 Å². The molecule has 184 valence electrons. The van der Waals surface area contributed by atoms with E-state index in [9.17, 15) is 19.5 Å². The van der Waals surface area contributed by atoms with Crippen LogP contribution in [0.3, 0.4) is 0 Å². The van der Waals surface area contributed by atoms with Crippen molar-refractivity contribution >= 4 is 18.0 Å². The van der Waals surface area contributed by atoms with Crippen LogP contribution in [0.4, 0.5) is 4.79 Å². The summed E-state index contributed by atoms with van der Waals surface area (Å²) in [7, 11) is 0. The second kappa shape index (κ2) is 9.34. The highest BCUT2D eigenvalue weighted by Gasteiger charge is 2.57. The maximum absolute atomic E-state index is 12.9. The lowest BCUT2D eigenvalue weighted by molar-refractivity contribution is -0.161. The molecule has 2 aliphatic heterocycles. The van der Waals surface area contributed by atoms with Crippen LogP contribution in [0, 0.1) is 5.92 Å². The molecule has 35 heavy (non-hydrogen) atoms. The average Bonchev–Trinajstić information content (AvgIpc) is 3.52. The largest absolute Gasteiger partial charge is 0.479 e. The Labute approximate surface area is 204 Å². The molecule has 8 heteroatoms. The Morgan fingerprint density at radius 3 is 2.40 bits per heavy atom. The summed E-state index contributed by atoms with van der Waals surface area (Å²) < 4.78 is 11.2. The number of aliphatic carboxylic acids is 1. The van der Waals surface area contributed by atoms with Crippen molar-refractivity contribution in [2.75, 3.05) is 26.3 Å². The quantitative estimate of drug-likeness (QED) is 0.632. The fourth-order valence-corrected chi connectivity index (χ4v) is 5.70. The Morgan fingerprint density at radius 1 is 1.14 bits per heavy atom. The molecular formula is C27H30N2O6. The summed E-state index contributed by atoms with van der Waals surface area (Å²) in [4.78, 5) is 38.9. The monoisotopic (exact) mass is 478 g/mol. The summed E-state index contributed by atoms with van der Waals surface area (Å²) in [6, 6.07) is 15.9. The van der Waals surface area contributed by atoms with Crippen LogP contribution in [0.1, 0.15) is 43.2 Å². The molecule has 2 saturated heterocycles. The Bertz CT molecular complexity index is 1100. The van der Waals surface area contributed by atoms with Crippen molar-refractivity contribution in [3.8, 4) is 11.1 Å². The van der Waals surface area contributed by atoms with Crippen molar-refractivity contribution < 1.29 is 29.0 Å². The Morgan fingerprint density at radius 2 is 1.80 bits per heavy atom. The summed E-state index contributed by atoms with van der Waals surface area (Å²) in [5, 5.41) is 12.5. The summed E-state index contributed by atoms with van der Waals surface area (Å²) in [5.74, 6) is -1.43. The van der Waals surface area contributed by atoms with Crippen LogP contribution in [0.5, 0.6) is 0 Å². The molecule has 3 unspecified atom stereocenters. The lowest BCUT2D eigenvalue weighted by Crippen LogP contribution is -2.46. The standard InChI is InChI=1S/C27H30N2O6/c1-2-18(13-24(30)29-14-17-11-12-35-27(17,16-29)25(31)32)28-26(33)34-15-23-21-9-5-3-7-19(21)20-8-4-6-10-22(20)23/h3-10,17-18,23H,2,11-16H2,1H3,(H,28,33)(H,31,32). The molecule has 0 bridgehead atoms. The van der Waals surface area contributed by atoms with Crippen LogP contribution in [-0.2, 0) is 19.1 Å². The van der Waals surface area contributed by atoms with E-state index in [2.05, 4.69) is 29.6 Å². The van der Waals surface area contributed by atoms with Gasteiger partial charge in [-0.05, 0) is 35.1 Å². The van der Waals surface area contributed by atoms with Crippen LogP contribution in [0.15, 0.2) is 48.5 Å². The maximum atomic E-state index is 12.9. The fourth-order valence-electron chi connectivity index (χ4n) is 5.70. The number of alkyl carbamates (subject to hydrolysis) is 1. The molecule has 2 heterocycles. The van der Waals surface area contributed by atoms with Crippen molar-refractivity contribution in [2.45, 2.75) is 43.7 Å². The molecule has 8 nitrogen and oxygen atoms in total. The minimum atomic E-state index is -1.29. The van der Waals surface area contributed by atoms with E-state index in [1.807, 2.05) is 31.2 Å². The number of hydrogen-bond acceptors (Lipinski definition) is 5. The predicted molar refractivity (Wildman–Crippen MR) is 128 cm³/mol. The molecule has 0 spiro atoms. The smallest absolute Gasteiger partial charge is 0.407 e. The molecule has 0 radical (unpaired) electrons. The maximum Gasteiger partial charge on any atom is 0.407 e. The molecule has 2 N–H and O–H groups in total. The molecule has 0 saturated carbocycles. The van der Waals surface area contributed by atoms with Crippen molar-refractivity contribution in [3.63, 3.8) is 0 Å². The number of ether oxygens (including phenoxy) is 2. The topological polar surface area (TPSA) is 105 Å². The zero-order valence-corrected chi connectivity index (χ0v) is 19.7. The van der Waals surface area contributed by atoms with Gasteiger partial charge in [0, 0.05) is 37.5 Å². The van der Waals surface area contributed by atoms with Gasteiger partial charge in [-0.1, -0.05) is 55.5 Å². The Hall–Kier alpha value is -3.39. The lowest BCUT2D eigenvalue weighted by atomic mass is 9.91. The molecule has 1 aliphatic carbocycles. The number of benzene rings is 2. The normalized spacial score (nSPS) is 23.3. The van der Waals surface area contributed by atoms with Crippen LogP contribution >= 0.6 is 0 Å². The minimum absolute atomic E-state index is 0.0360. The number of likely N-dealkylation sites (tertiary alicyclic amines) is 1. The van der Waals surface area contributed by atoms with Crippen LogP contribution < -0.4 is 5.32 Å².